The molecule has 0 heterocycles. The lowest BCUT2D eigenvalue weighted by atomic mass is 10.0. The fraction of sp³-hybridized carbons (Fsp3) is 0.462. The van der Waals surface area contributed by atoms with Gasteiger partial charge in [-0.1, -0.05) is 24.4 Å². The van der Waals surface area contributed by atoms with Crippen LogP contribution in [0.2, 0.25) is 5.02 Å². The van der Waals surface area contributed by atoms with Crippen molar-refractivity contribution in [2.24, 2.45) is 5.73 Å². The van der Waals surface area contributed by atoms with Crippen molar-refractivity contribution < 1.29 is 4.74 Å². The van der Waals surface area contributed by atoms with Gasteiger partial charge in [0, 0.05) is 6.07 Å². The molecule has 90 valence electrons. The first-order valence-electron chi connectivity index (χ1n) is 5.74. The summed E-state index contributed by atoms with van der Waals surface area (Å²) in [5, 5.41) is 9.18. The molecule has 0 atom stereocenters. The number of hydrogen-bond acceptors (Lipinski definition) is 3. The Morgan fingerprint density at radius 2 is 2.12 bits per heavy atom. The highest BCUT2D eigenvalue weighted by molar-refractivity contribution is 6.31. The predicted octanol–water partition coefficient (Wildman–Crippen LogP) is 2.86. The molecule has 4 heteroatoms. The van der Waals surface area contributed by atoms with Crippen molar-refractivity contribution >= 4 is 11.6 Å². The van der Waals surface area contributed by atoms with Crippen LogP contribution in [0.3, 0.4) is 0 Å². The number of hydrogen-bond donors (Lipinski definition) is 1. The molecule has 0 spiro atoms. The number of halogens is 1. The van der Waals surface area contributed by atoms with Gasteiger partial charge in [-0.05, 0) is 25.0 Å². The molecule has 1 saturated carbocycles. The maximum Gasteiger partial charge on any atom is 0.120 e. The molecule has 0 saturated heterocycles. The molecule has 1 aromatic carbocycles. The molecule has 2 rings (SSSR count). The van der Waals surface area contributed by atoms with Gasteiger partial charge in [-0.25, -0.2) is 0 Å². The van der Waals surface area contributed by atoms with Crippen LogP contribution in [0, 0.1) is 11.3 Å². The van der Waals surface area contributed by atoms with E-state index in [1.165, 1.54) is 12.8 Å². The zero-order valence-corrected chi connectivity index (χ0v) is 10.3. The van der Waals surface area contributed by atoms with Crippen LogP contribution in [-0.4, -0.2) is 12.1 Å². The summed E-state index contributed by atoms with van der Waals surface area (Å²) < 4.78 is 5.65. The van der Waals surface area contributed by atoms with Crippen LogP contribution in [0.4, 0.5) is 0 Å². The van der Waals surface area contributed by atoms with Crippen molar-refractivity contribution in [2.75, 3.05) is 6.61 Å². The van der Waals surface area contributed by atoms with Gasteiger partial charge in [0.25, 0.3) is 0 Å². The minimum absolute atomic E-state index is 0.194. The van der Waals surface area contributed by atoms with Gasteiger partial charge in [-0.2, -0.15) is 5.26 Å². The molecule has 0 aromatic heterocycles. The fourth-order valence-corrected chi connectivity index (χ4v) is 2.34. The maximum atomic E-state index is 8.76. The lowest BCUT2D eigenvalue weighted by Crippen LogP contribution is -2.42. The van der Waals surface area contributed by atoms with Gasteiger partial charge in [0.2, 0.25) is 0 Å². The van der Waals surface area contributed by atoms with E-state index in [9.17, 15) is 0 Å². The Labute approximate surface area is 106 Å². The third-order valence-electron chi connectivity index (χ3n) is 3.19. The van der Waals surface area contributed by atoms with Gasteiger partial charge in [0.05, 0.1) is 16.1 Å². The molecular weight excluding hydrogens is 236 g/mol. The second kappa shape index (κ2) is 4.95. The zero-order valence-electron chi connectivity index (χ0n) is 9.58. The van der Waals surface area contributed by atoms with Crippen LogP contribution in [0.5, 0.6) is 5.75 Å². The quantitative estimate of drug-likeness (QED) is 0.897. The van der Waals surface area contributed by atoms with Gasteiger partial charge in [-0.3, -0.25) is 0 Å². The van der Waals surface area contributed by atoms with Gasteiger partial charge in [0.15, 0.2) is 0 Å². The van der Waals surface area contributed by atoms with Crippen LogP contribution in [0.1, 0.15) is 31.2 Å². The highest BCUT2D eigenvalue weighted by Gasteiger charge is 2.30. The number of nitrogens with two attached hydrogens (primary N) is 1. The largest absolute Gasteiger partial charge is 0.492 e. The van der Waals surface area contributed by atoms with Crippen molar-refractivity contribution in [1.29, 1.82) is 5.26 Å². The molecular formula is C13H15ClN2O. The van der Waals surface area contributed by atoms with E-state index in [2.05, 4.69) is 0 Å². The SMILES string of the molecule is N#Cc1ccc(OCC2(N)CCCC2)cc1Cl. The number of ether oxygens (including phenoxy) is 1. The molecule has 0 bridgehead atoms. The molecule has 17 heavy (non-hydrogen) atoms. The summed E-state index contributed by atoms with van der Waals surface area (Å²) in [6.07, 6.45) is 4.37. The van der Waals surface area contributed by atoms with Gasteiger partial charge in [-0.15, -0.1) is 0 Å². The van der Waals surface area contributed by atoms with Crippen molar-refractivity contribution in [2.45, 2.75) is 31.2 Å². The van der Waals surface area contributed by atoms with E-state index in [1.54, 1.807) is 18.2 Å². The highest BCUT2D eigenvalue weighted by atomic mass is 35.5. The molecule has 2 N–H and O–H groups in total. The van der Waals surface area contributed by atoms with E-state index < -0.39 is 0 Å². The normalized spacial score (nSPS) is 17.7. The predicted molar refractivity (Wildman–Crippen MR) is 67.0 cm³/mol. The summed E-state index contributed by atoms with van der Waals surface area (Å²) in [6, 6.07) is 7.09. The molecule has 0 aliphatic heterocycles. The summed E-state index contributed by atoms with van der Waals surface area (Å²) in [4.78, 5) is 0. The lowest BCUT2D eigenvalue weighted by Gasteiger charge is -2.23. The Balaban J connectivity index is 2.00. The van der Waals surface area contributed by atoms with Crippen LogP contribution in [0.25, 0.3) is 0 Å². The monoisotopic (exact) mass is 250 g/mol. The average Bonchev–Trinajstić information content (AvgIpc) is 2.74. The number of rotatable bonds is 3. The van der Waals surface area contributed by atoms with Gasteiger partial charge < -0.3 is 10.5 Å². The van der Waals surface area contributed by atoms with E-state index in [-0.39, 0.29) is 5.54 Å². The third-order valence-corrected chi connectivity index (χ3v) is 3.50. The van der Waals surface area contributed by atoms with Crippen molar-refractivity contribution in [1.82, 2.24) is 0 Å². The summed E-state index contributed by atoms with van der Waals surface area (Å²) in [7, 11) is 0. The first-order valence-corrected chi connectivity index (χ1v) is 6.12. The minimum Gasteiger partial charge on any atom is -0.492 e. The first-order chi connectivity index (χ1) is 8.13. The Kier molecular flexibility index (Phi) is 3.56. The summed E-state index contributed by atoms with van der Waals surface area (Å²) >= 11 is 5.93. The molecule has 1 aliphatic rings. The van der Waals surface area contributed by atoms with Crippen LogP contribution < -0.4 is 10.5 Å². The van der Waals surface area contributed by atoms with Crippen LogP contribution in [0.15, 0.2) is 18.2 Å². The van der Waals surface area contributed by atoms with E-state index >= 15 is 0 Å². The molecule has 1 aliphatic carbocycles. The third kappa shape index (κ3) is 2.91. The van der Waals surface area contributed by atoms with E-state index in [0.29, 0.717) is 22.9 Å². The topological polar surface area (TPSA) is 59.0 Å². The molecule has 1 fully saturated rings. The van der Waals surface area contributed by atoms with Crippen LogP contribution in [-0.2, 0) is 0 Å². The molecule has 1 aromatic rings. The fourth-order valence-electron chi connectivity index (χ4n) is 2.13. The summed E-state index contributed by atoms with van der Waals surface area (Å²) in [6.45, 7) is 0.509. The number of benzene rings is 1. The molecule has 0 radical (unpaired) electrons. The van der Waals surface area contributed by atoms with Crippen molar-refractivity contribution in [3.63, 3.8) is 0 Å². The average molecular weight is 251 g/mol. The first kappa shape index (κ1) is 12.2. The second-order valence-corrected chi connectivity index (χ2v) is 5.02. The molecule has 0 amide bonds. The van der Waals surface area contributed by atoms with E-state index in [1.807, 2.05) is 6.07 Å². The Hall–Kier alpha value is -1.24. The lowest BCUT2D eigenvalue weighted by molar-refractivity contribution is 0.220. The smallest absolute Gasteiger partial charge is 0.120 e. The van der Waals surface area contributed by atoms with Gasteiger partial charge in [0.1, 0.15) is 18.4 Å². The zero-order chi connectivity index (χ0) is 12.3. The molecule has 0 unspecified atom stereocenters. The summed E-state index contributed by atoms with van der Waals surface area (Å²) in [5.41, 5.74) is 6.46. The second-order valence-electron chi connectivity index (χ2n) is 4.61. The van der Waals surface area contributed by atoms with Crippen molar-refractivity contribution in [3.8, 4) is 11.8 Å². The number of nitriles is 1. The van der Waals surface area contributed by atoms with Crippen molar-refractivity contribution in [3.05, 3.63) is 28.8 Å². The Morgan fingerprint density at radius 1 is 1.41 bits per heavy atom. The Morgan fingerprint density at radius 3 is 2.71 bits per heavy atom. The maximum absolute atomic E-state index is 8.76. The van der Waals surface area contributed by atoms with Gasteiger partial charge >= 0.3 is 0 Å². The van der Waals surface area contributed by atoms with E-state index in [4.69, 9.17) is 27.3 Å². The number of nitrogens with zero attached hydrogens (tertiary/aromatic N) is 1. The standard InChI is InChI=1S/C13H15ClN2O/c14-12-7-11(4-3-10(12)8-15)17-9-13(16)5-1-2-6-13/h3-4,7H,1-2,5-6,9,16H2. The summed E-state index contributed by atoms with van der Waals surface area (Å²) in [5.74, 6) is 0.672. The van der Waals surface area contributed by atoms with Crippen LogP contribution >= 0.6 is 11.6 Å². The molecule has 3 nitrogen and oxygen atoms in total. The highest BCUT2D eigenvalue weighted by Crippen LogP contribution is 2.29. The Bertz CT molecular complexity index is 447. The minimum atomic E-state index is -0.194. The van der Waals surface area contributed by atoms with E-state index in [0.717, 1.165) is 12.8 Å².